The topological polar surface area (TPSA) is 93.8 Å². The second-order valence-electron chi connectivity index (χ2n) is 5.02. The Balaban J connectivity index is 1.55. The van der Waals surface area contributed by atoms with Crippen LogP contribution in [0.4, 0.5) is 5.82 Å². The van der Waals surface area contributed by atoms with Crippen LogP contribution in [0.15, 0.2) is 47.4 Å². The number of amides is 1. The second kappa shape index (κ2) is 6.78. The van der Waals surface area contributed by atoms with Crippen molar-refractivity contribution in [3.63, 3.8) is 0 Å². The van der Waals surface area contributed by atoms with Crippen LogP contribution in [0.2, 0.25) is 0 Å². The van der Waals surface area contributed by atoms with Crippen molar-refractivity contribution < 1.29 is 9.32 Å². The first-order valence-electron chi connectivity index (χ1n) is 7.16. The second-order valence-corrected chi connectivity index (χ2v) is 5.02. The van der Waals surface area contributed by atoms with Gasteiger partial charge in [-0.2, -0.15) is 4.98 Å². The minimum atomic E-state index is -0.150. The molecule has 3 aromatic heterocycles. The van der Waals surface area contributed by atoms with Gasteiger partial charge in [-0.3, -0.25) is 9.78 Å². The number of nitrogens with zero attached hydrogens (tertiary/aromatic N) is 4. The molecular formula is C16H15N5O2. The van der Waals surface area contributed by atoms with Crippen LogP contribution in [0, 0.1) is 6.92 Å². The van der Waals surface area contributed by atoms with E-state index >= 15 is 0 Å². The Bertz CT molecular complexity index is 784. The zero-order valence-electron chi connectivity index (χ0n) is 12.6. The Morgan fingerprint density at radius 3 is 2.91 bits per heavy atom. The Hall–Kier alpha value is -3.09. The Morgan fingerprint density at radius 2 is 2.17 bits per heavy atom. The quantitative estimate of drug-likeness (QED) is 0.778. The van der Waals surface area contributed by atoms with Crippen LogP contribution in [0.5, 0.6) is 0 Å². The summed E-state index contributed by atoms with van der Waals surface area (Å²) in [4.78, 5) is 24.3. The van der Waals surface area contributed by atoms with Gasteiger partial charge >= 0.3 is 0 Å². The number of aromatic nitrogens is 4. The normalized spacial score (nSPS) is 10.5. The number of hydrogen-bond donors (Lipinski definition) is 1. The van der Waals surface area contributed by atoms with E-state index in [1.54, 1.807) is 30.7 Å². The summed E-state index contributed by atoms with van der Waals surface area (Å²) in [5, 5.41) is 6.62. The van der Waals surface area contributed by atoms with Crippen molar-refractivity contribution in [2.75, 3.05) is 5.32 Å². The lowest BCUT2D eigenvalue weighted by molar-refractivity contribution is -0.116. The summed E-state index contributed by atoms with van der Waals surface area (Å²) in [6, 6.07) is 7.30. The highest BCUT2D eigenvalue weighted by Crippen LogP contribution is 2.14. The van der Waals surface area contributed by atoms with Crippen molar-refractivity contribution in [2.24, 2.45) is 0 Å². The third-order valence-corrected chi connectivity index (χ3v) is 3.13. The predicted molar refractivity (Wildman–Crippen MR) is 83.5 cm³/mol. The van der Waals surface area contributed by atoms with E-state index in [-0.39, 0.29) is 12.3 Å². The SMILES string of the molecule is Cc1ccc(NC(=O)CCc2nc(-c3cccnc3)no2)nc1. The van der Waals surface area contributed by atoms with Gasteiger partial charge in [0.2, 0.25) is 17.6 Å². The number of hydrogen-bond acceptors (Lipinski definition) is 6. The molecule has 0 spiro atoms. The standard InChI is InChI=1S/C16H15N5O2/c1-11-4-5-13(18-9-11)19-14(22)6-7-15-20-16(21-23-15)12-3-2-8-17-10-12/h2-5,8-10H,6-7H2,1H3,(H,18,19,22). The number of anilines is 1. The number of rotatable bonds is 5. The Labute approximate surface area is 132 Å². The average Bonchev–Trinajstić information content (AvgIpc) is 3.05. The highest BCUT2D eigenvalue weighted by Gasteiger charge is 2.11. The summed E-state index contributed by atoms with van der Waals surface area (Å²) in [6.07, 6.45) is 5.64. The lowest BCUT2D eigenvalue weighted by Gasteiger charge is -2.03. The molecule has 0 bridgehead atoms. The lowest BCUT2D eigenvalue weighted by atomic mass is 10.2. The van der Waals surface area contributed by atoms with Gasteiger partial charge in [0.25, 0.3) is 0 Å². The number of carbonyl (C=O) groups is 1. The molecule has 7 nitrogen and oxygen atoms in total. The number of carbonyl (C=O) groups excluding carboxylic acids is 1. The van der Waals surface area contributed by atoms with Crippen LogP contribution < -0.4 is 5.32 Å². The molecule has 116 valence electrons. The molecule has 0 aliphatic heterocycles. The molecular weight excluding hydrogens is 294 g/mol. The third-order valence-electron chi connectivity index (χ3n) is 3.13. The molecule has 0 aliphatic rings. The summed E-state index contributed by atoms with van der Waals surface area (Å²) >= 11 is 0. The molecule has 0 unspecified atom stereocenters. The fraction of sp³-hybridized carbons (Fsp3) is 0.188. The maximum absolute atomic E-state index is 11.9. The van der Waals surface area contributed by atoms with Crippen molar-refractivity contribution in [2.45, 2.75) is 19.8 Å². The van der Waals surface area contributed by atoms with Crippen LogP contribution in [-0.2, 0) is 11.2 Å². The highest BCUT2D eigenvalue weighted by atomic mass is 16.5. The van der Waals surface area contributed by atoms with Crippen LogP contribution in [0.1, 0.15) is 17.9 Å². The van der Waals surface area contributed by atoms with E-state index in [0.717, 1.165) is 11.1 Å². The van der Waals surface area contributed by atoms with Gasteiger partial charge in [-0.25, -0.2) is 4.98 Å². The zero-order chi connectivity index (χ0) is 16.1. The van der Waals surface area contributed by atoms with Crippen molar-refractivity contribution in [3.8, 4) is 11.4 Å². The van der Waals surface area contributed by atoms with Gasteiger partial charge in [0.15, 0.2) is 0 Å². The van der Waals surface area contributed by atoms with E-state index in [1.807, 2.05) is 19.1 Å². The molecule has 3 rings (SSSR count). The lowest BCUT2D eigenvalue weighted by Crippen LogP contribution is -2.13. The van der Waals surface area contributed by atoms with Crippen molar-refractivity contribution >= 4 is 11.7 Å². The molecule has 23 heavy (non-hydrogen) atoms. The minimum absolute atomic E-state index is 0.150. The molecule has 0 saturated carbocycles. The molecule has 0 aliphatic carbocycles. The number of nitrogens with one attached hydrogen (secondary N) is 1. The number of pyridine rings is 2. The first-order valence-corrected chi connectivity index (χ1v) is 7.16. The van der Waals surface area contributed by atoms with E-state index in [9.17, 15) is 4.79 Å². The molecule has 1 amide bonds. The smallest absolute Gasteiger partial charge is 0.227 e. The third kappa shape index (κ3) is 3.97. The fourth-order valence-corrected chi connectivity index (χ4v) is 1.94. The summed E-state index contributed by atoms with van der Waals surface area (Å²) in [5.41, 5.74) is 1.81. The van der Waals surface area contributed by atoms with Gasteiger partial charge < -0.3 is 9.84 Å². The van der Waals surface area contributed by atoms with Gasteiger partial charge in [0, 0.05) is 37.0 Å². The van der Waals surface area contributed by atoms with Gasteiger partial charge in [-0.05, 0) is 30.7 Å². The van der Waals surface area contributed by atoms with Crippen LogP contribution in [0.25, 0.3) is 11.4 Å². The minimum Gasteiger partial charge on any atom is -0.339 e. The van der Waals surface area contributed by atoms with Gasteiger partial charge in [0.1, 0.15) is 5.82 Å². The molecule has 0 radical (unpaired) electrons. The molecule has 0 aromatic carbocycles. The fourth-order valence-electron chi connectivity index (χ4n) is 1.94. The Morgan fingerprint density at radius 1 is 1.26 bits per heavy atom. The maximum atomic E-state index is 11.9. The average molecular weight is 309 g/mol. The van der Waals surface area contributed by atoms with Crippen molar-refractivity contribution in [3.05, 3.63) is 54.3 Å². The first kappa shape index (κ1) is 14.8. The van der Waals surface area contributed by atoms with Gasteiger partial charge in [-0.15, -0.1) is 0 Å². The highest BCUT2D eigenvalue weighted by molar-refractivity contribution is 5.89. The monoisotopic (exact) mass is 309 g/mol. The van der Waals surface area contributed by atoms with Crippen LogP contribution in [-0.4, -0.2) is 26.0 Å². The zero-order valence-corrected chi connectivity index (χ0v) is 12.6. The van der Waals surface area contributed by atoms with Crippen molar-refractivity contribution in [1.82, 2.24) is 20.1 Å². The molecule has 0 fully saturated rings. The summed E-state index contributed by atoms with van der Waals surface area (Å²) in [5.74, 6) is 1.26. The summed E-state index contributed by atoms with van der Waals surface area (Å²) in [7, 11) is 0. The summed E-state index contributed by atoms with van der Waals surface area (Å²) < 4.78 is 5.15. The molecule has 3 aromatic rings. The Kier molecular flexibility index (Phi) is 4.37. The molecule has 1 N–H and O–H groups in total. The van der Waals surface area contributed by atoms with Crippen LogP contribution in [0.3, 0.4) is 0 Å². The predicted octanol–water partition coefficient (Wildman–Crippen LogP) is 2.41. The summed E-state index contributed by atoms with van der Waals surface area (Å²) in [6.45, 7) is 1.94. The van der Waals surface area contributed by atoms with E-state index in [4.69, 9.17) is 4.52 Å². The van der Waals surface area contributed by atoms with E-state index in [0.29, 0.717) is 24.0 Å². The van der Waals surface area contributed by atoms with Gasteiger partial charge in [0.05, 0.1) is 0 Å². The number of aryl methyl sites for hydroxylation is 2. The molecule has 3 heterocycles. The molecule has 7 heteroatoms. The van der Waals surface area contributed by atoms with E-state index < -0.39 is 0 Å². The van der Waals surface area contributed by atoms with E-state index in [1.165, 1.54) is 0 Å². The molecule has 0 atom stereocenters. The van der Waals surface area contributed by atoms with Gasteiger partial charge in [-0.1, -0.05) is 11.2 Å². The van der Waals surface area contributed by atoms with E-state index in [2.05, 4.69) is 25.4 Å². The molecule has 0 saturated heterocycles. The first-order chi connectivity index (χ1) is 11.2. The van der Waals surface area contributed by atoms with Crippen molar-refractivity contribution in [1.29, 1.82) is 0 Å². The van der Waals surface area contributed by atoms with Crippen LogP contribution >= 0.6 is 0 Å². The maximum Gasteiger partial charge on any atom is 0.227 e. The largest absolute Gasteiger partial charge is 0.339 e.